The first-order valence-corrected chi connectivity index (χ1v) is 5.00. The zero-order valence-corrected chi connectivity index (χ0v) is 8.33. The molecule has 14 heavy (non-hydrogen) atoms. The van der Waals surface area contributed by atoms with Crippen LogP contribution in [0.5, 0.6) is 0 Å². The predicted molar refractivity (Wildman–Crippen MR) is 56.5 cm³/mol. The van der Waals surface area contributed by atoms with E-state index in [4.69, 9.17) is 5.73 Å². The molecule has 2 N–H and O–H groups in total. The number of hydrogen-bond acceptors (Lipinski definition) is 2. The summed E-state index contributed by atoms with van der Waals surface area (Å²) in [6.07, 6.45) is 2.06. The zero-order chi connectivity index (χ0) is 10.2. The standard InChI is InChI=1S/C12H14N2/c1-2-9-7-12(9,8-13)10-4-3-5-11(14)6-10/h3-6,9H,2,7,14H2,1H3. The molecule has 1 aliphatic rings. The molecule has 2 nitrogen and oxygen atoms in total. The van der Waals surface area contributed by atoms with E-state index < -0.39 is 0 Å². The Morgan fingerprint density at radius 2 is 2.43 bits per heavy atom. The van der Waals surface area contributed by atoms with Crippen LogP contribution in [0.1, 0.15) is 25.3 Å². The van der Waals surface area contributed by atoms with Crippen molar-refractivity contribution in [1.82, 2.24) is 0 Å². The molecule has 1 saturated carbocycles. The topological polar surface area (TPSA) is 49.8 Å². The second kappa shape index (κ2) is 3.02. The summed E-state index contributed by atoms with van der Waals surface area (Å²) in [5, 5.41) is 9.21. The lowest BCUT2D eigenvalue weighted by atomic mass is 9.94. The molecule has 2 unspecified atom stereocenters. The van der Waals surface area contributed by atoms with Gasteiger partial charge in [-0.25, -0.2) is 0 Å². The van der Waals surface area contributed by atoms with Crippen LogP contribution in [0.3, 0.4) is 0 Å². The molecule has 0 saturated heterocycles. The fraction of sp³-hybridized carbons (Fsp3) is 0.417. The van der Waals surface area contributed by atoms with Crippen molar-refractivity contribution in [2.24, 2.45) is 5.92 Å². The minimum Gasteiger partial charge on any atom is -0.399 e. The molecule has 0 heterocycles. The van der Waals surface area contributed by atoms with Gasteiger partial charge in [0.1, 0.15) is 0 Å². The Morgan fingerprint density at radius 1 is 1.64 bits per heavy atom. The normalized spacial score (nSPS) is 29.6. The Balaban J connectivity index is 2.36. The van der Waals surface area contributed by atoms with Gasteiger partial charge in [-0.1, -0.05) is 25.5 Å². The molecular weight excluding hydrogens is 172 g/mol. The molecule has 0 aliphatic heterocycles. The van der Waals surface area contributed by atoms with Crippen LogP contribution < -0.4 is 5.73 Å². The number of nitriles is 1. The van der Waals surface area contributed by atoms with E-state index in [0.29, 0.717) is 5.92 Å². The molecule has 0 spiro atoms. The van der Waals surface area contributed by atoms with Gasteiger partial charge in [-0.05, 0) is 30.0 Å². The summed E-state index contributed by atoms with van der Waals surface area (Å²) in [5.74, 6) is 0.522. The van der Waals surface area contributed by atoms with Gasteiger partial charge in [-0.3, -0.25) is 0 Å². The van der Waals surface area contributed by atoms with E-state index in [2.05, 4.69) is 13.0 Å². The summed E-state index contributed by atoms with van der Waals surface area (Å²) < 4.78 is 0. The van der Waals surface area contributed by atoms with Crippen molar-refractivity contribution in [2.45, 2.75) is 25.2 Å². The summed E-state index contributed by atoms with van der Waals surface area (Å²) in [6, 6.07) is 10.2. The maximum absolute atomic E-state index is 9.21. The smallest absolute Gasteiger partial charge is 0.0855 e. The number of nitrogens with zero attached hydrogens (tertiary/aromatic N) is 1. The summed E-state index contributed by atoms with van der Waals surface area (Å²) >= 11 is 0. The van der Waals surface area contributed by atoms with Crippen LogP contribution >= 0.6 is 0 Å². The Bertz CT molecular complexity index is 392. The van der Waals surface area contributed by atoms with Gasteiger partial charge in [0, 0.05) is 5.69 Å². The number of anilines is 1. The van der Waals surface area contributed by atoms with Crippen molar-refractivity contribution >= 4 is 5.69 Å². The quantitative estimate of drug-likeness (QED) is 0.721. The molecule has 1 fully saturated rings. The molecular formula is C12H14N2. The largest absolute Gasteiger partial charge is 0.399 e. The summed E-state index contributed by atoms with van der Waals surface area (Å²) in [6.45, 7) is 2.13. The van der Waals surface area contributed by atoms with Crippen LogP contribution in [0, 0.1) is 17.2 Å². The summed E-state index contributed by atoms with van der Waals surface area (Å²) in [4.78, 5) is 0. The van der Waals surface area contributed by atoms with E-state index in [1.165, 1.54) is 0 Å². The second-order valence-corrected chi connectivity index (χ2v) is 4.02. The van der Waals surface area contributed by atoms with E-state index in [9.17, 15) is 5.26 Å². The van der Waals surface area contributed by atoms with Gasteiger partial charge in [-0.2, -0.15) is 5.26 Å². The van der Waals surface area contributed by atoms with Crippen molar-refractivity contribution in [3.63, 3.8) is 0 Å². The van der Waals surface area contributed by atoms with Gasteiger partial charge in [0.15, 0.2) is 0 Å². The molecule has 2 atom stereocenters. The summed E-state index contributed by atoms with van der Waals surface area (Å²) in [5.41, 5.74) is 7.32. The number of benzene rings is 1. The van der Waals surface area contributed by atoms with Crippen LogP contribution in [0.2, 0.25) is 0 Å². The van der Waals surface area contributed by atoms with E-state index in [-0.39, 0.29) is 5.41 Å². The molecule has 0 aromatic heterocycles. The average Bonchev–Trinajstić information content (AvgIpc) is 2.93. The first-order valence-electron chi connectivity index (χ1n) is 5.00. The van der Waals surface area contributed by atoms with Gasteiger partial charge in [0.2, 0.25) is 0 Å². The Morgan fingerprint density at radius 3 is 2.93 bits per heavy atom. The van der Waals surface area contributed by atoms with Crippen LogP contribution in [0.25, 0.3) is 0 Å². The van der Waals surface area contributed by atoms with Crippen molar-refractivity contribution < 1.29 is 0 Å². The highest BCUT2D eigenvalue weighted by atomic mass is 14.6. The highest BCUT2D eigenvalue weighted by Crippen LogP contribution is 2.55. The van der Waals surface area contributed by atoms with Gasteiger partial charge in [0.05, 0.1) is 11.5 Å². The number of hydrogen-bond donors (Lipinski definition) is 1. The number of rotatable bonds is 2. The molecule has 1 aliphatic carbocycles. The van der Waals surface area contributed by atoms with Crippen LogP contribution in [-0.4, -0.2) is 0 Å². The predicted octanol–water partition coefficient (Wildman–Crippen LogP) is 2.46. The SMILES string of the molecule is CCC1CC1(C#N)c1cccc(N)c1. The minimum atomic E-state index is -0.232. The van der Waals surface area contributed by atoms with E-state index in [1.807, 2.05) is 24.3 Å². The van der Waals surface area contributed by atoms with Crippen molar-refractivity contribution in [2.75, 3.05) is 5.73 Å². The Kier molecular flexibility index (Phi) is 1.96. The number of nitrogen functional groups attached to an aromatic ring is 1. The Hall–Kier alpha value is -1.49. The van der Waals surface area contributed by atoms with Crippen LogP contribution in [0.15, 0.2) is 24.3 Å². The second-order valence-electron chi connectivity index (χ2n) is 4.02. The zero-order valence-electron chi connectivity index (χ0n) is 8.33. The van der Waals surface area contributed by atoms with Gasteiger partial charge < -0.3 is 5.73 Å². The van der Waals surface area contributed by atoms with Gasteiger partial charge in [0.25, 0.3) is 0 Å². The van der Waals surface area contributed by atoms with Gasteiger partial charge >= 0.3 is 0 Å². The minimum absolute atomic E-state index is 0.232. The maximum atomic E-state index is 9.21. The first-order chi connectivity index (χ1) is 6.73. The third-order valence-electron chi connectivity index (χ3n) is 3.20. The average molecular weight is 186 g/mol. The van der Waals surface area contributed by atoms with E-state index >= 15 is 0 Å². The fourth-order valence-electron chi connectivity index (χ4n) is 2.19. The Labute approximate surface area is 84.3 Å². The molecule has 0 radical (unpaired) electrons. The molecule has 2 heteroatoms. The van der Waals surface area contributed by atoms with Crippen molar-refractivity contribution in [3.8, 4) is 6.07 Å². The lowest BCUT2D eigenvalue weighted by Crippen LogP contribution is -2.07. The maximum Gasteiger partial charge on any atom is 0.0855 e. The lowest BCUT2D eigenvalue weighted by molar-refractivity contribution is 0.701. The van der Waals surface area contributed by atoms with E-state index in [1.54, 1.807) is 0 Å². The summed E-state index contributed by atoms with van der Waals surface area (Å²) in [7, 11) is 0. The highest BCUT2D eigenvalue weighted by molar-refractivity contribution is 5.49. The van der Waals surface area contributed by atoms with Crippen LogP contribution in [0.4, 0.5) is 5.69 Å². The molecule has 1 aromatic rings. The molecule has 72 valence electrons. The molecule has 0 bridgehead atoms. The third kappa shape index (κ3) is 1.17. The monoisotopic (exact) mass is 186 g/mol. The number of nitrogens with two attached hydrogens (primary N) is 1. The fourth-order valence-corrected chi connectivity index (χ4v) is 2.19. The lowest BCUT2D eigenvalue weighted by Gasteiger charge is -2.08. The van der Waals surface area contributed by atoms with E-state index in [0.717, 1.165) is 24.1 Å². The van der Waals surface area contributed by atoms with Crippen molar-refractivity contribution in [3.05, 3.63) is 29.8 Å². The highest BCUT2D eigenvalue weighted by Gasteiger charge is 2.54. The van der Waals surface area contributed by atoms with Crippen LogP contribution in [-0.2, 0) is 5.41 Å². The van der Waals surface area contributed by atoms with Crippen molar-refractivity contribution in [1.29, 1.82) is 5.26 Å². The molecule has 1 aromatic carbocycles. The first kappa shape index (κ1) is 9.08. The molecule has 0 amide bonds. The molecule has 2 rings (SSSR count). The third-order valence-corrected chi connectivity index (χ3v) is 3.20. The van der Waals surface area contributed by atoms with Gasteiger partial charge in [-0.15, -0.1) is 0 Å².